The Hall–Kier alpha value is -0.400. The Balaban J connectivity index is 2.01. The fourth-order valence-corrected chi connectivity index (χ4v) is 2.25. The van der Waals surface area contributed by atoms with E-state index >= 15 is 0 Å². The van der Waals surface area contributed by atoms with Gasteiger partial charge in [0.1, 0.15) is 42.7 Å². The van der Waals surface area contributed by atoms with Crippen LogP contribution in [0.5, 0.6) is 0 Å². The Morgan fingerprint density at radius 1 is 0.857 bits per heavy atom. The third-order valence-corrected chi connectivity index (χ3v) is 3.61. The van der Waals surface area contributed by atoms with E-state index in [4.69, 9.17) is 19.3 Å². The van der Waals surface area contributed by atoms with Crippen LogP contribution < -0.4 is 0 Å². The van der Waals surface area contributed by atoms with Crippen LogP contribution in [0.25, 0.3) is 0 Å². The smallest absolute Gasteiger partial charge is 0.187 e. The lowest BCUT2D eigenvalue weighted by Crippen LogP contribution is -2.62. The van der Waals surface area contributed by atoms with Crippen LogP contribution >= 0.6 is 0 Å². The van der Waals surface area contributed by atoms with Gasteiger partial charge in [-0.1, -0.05) is 0 Å². The van der Waals surface area contributed by atoms with Crippen molar-refractivity contribution < 1.29 is 50.0 Å². The van der Waals surface area contributed by atoms with Gasteiger partial charge in [0, 0.05) is 0 Å². The van der Waals surface area contributed by atoms with E-state index in [0.29, 0.717) is 0 Å². The van der Waals surface area contributed by atoms with Crippen molar-refractivity contribution in [2.24, 2.45) is 0 Å². The van der Waals surface area contributed by atoms with Gasteiger partial charge in [0.05, 0.1) is 13.2 Å². The molecular weight excluding hydrogens is 292 g/mol. The van der Waals surface area contributed by atoms with E-state index in [1.165, 1.54) is 0 Å². The maximum absolute atomic E-state index is 9.78. The summed E-state index contributed by atoms with van der Waals surface area (Å²) in [7, 11) is 0. The molecule has 21 heavy (non-hydrogen) atoms. The molecule has 0 spiro atoms. The highest BCUT2D eigenvalue weighted by Crippen LogP contribution is 2.25. The Kier molecular flexibility index (Phi) is 5.48. The second kappa shape index (κ2) is 6.79. The van der Waals surface area contributed by atoms with E-state index in [1.807, 2.05) is 0 Å². The number of aliphatic hydroxyl groups is 7. The van der Waals surface area contributed by atoms with E-state index in [0.717, 1.165) is 0 Å². The van der Waals surface area contributed by atoms with Crippen molar-refractivity contribution in [2.75, 3.05) is 13.2 Å². The van der Waals surface area contributed by atoms with Crippen LogP contribution in [0.3, 0.4) is 0 Å². The van der Waals surface area contributed by atoms with Crippen molar-refractivity contribution in [3.8, 4) is 0 Å². The predicted molar refractivity (Wildman–Crippen MR) is 62.6 cm³/mol. The molecule has 2 fully saturated rings. The van der Waals surface area contributed by atoms with Crippen molar-refractivity contribution in [1.82, 2.24) is 0 Å². The molecule has 2 unspecified atom stereocenters. The van der Waals surface area contributed by atoms with Crippen LogP contribution in [0.2, 0.25) is 0 Å². The lowest BCUT2D eigenvalue weighted by atomic mass is 9.99. The average molecular weight is 312 g/mol. The van der Waals surface area contributed by atoms with E-state index in [-0.39, 0.29) is 6.61 Å². The summed E-state index contributed by atoms with van der Waals surface area (Å²) in [4.78, 5) is 0. The molecule has 2 aliphatic rings. The van der Waals surface area contributed by atoms with Gasteiger partial charge in [0.15, 0.2) is 12.6 Å². The molecule has 124 valence electrons. The number of aliphatic hydroxyl groups excluding tert-OH is 7. The molecule has 0 bridgehead atoms. The van der Waals surface area contributed by atoms with E-state index in [1.54, 1.807) is 0 Å². The van der Waals surface area contributed by atoms with Gasteiger partial charge in [-0.15, -0.1) is 0 Å². The maximum atomic E-state index is 9.78. The molecule has 0 saturated carbocycles. The Morgan fingerprint density at radius 3 is 2.14 bits per heavy atom. The van der Waals surface area contributed by atoms with Gasteiger partial charge in [-0.25, -0.2) is 0 Å². The molecule has 2 rings (SSSR count). The molecule has 7 N–H and O–H groups in total. The molecule has 2 aliphatic heterocycles. The molecule has 0 aromatic rings. The first-order valence-corrected chi connectivity index (χ1v) is 6.48. The monoisotopic (exact) mass is 312 g/mol. The van der Waals surface area contributed by atoms with Gasteiger partial charge in [0.2, 0.25) is 0 Å². The fourth-order valence-electron chi connectivity index (χ4n) is 2.25. The fraction of sp³-hybridized carbons (Fsp3) is 1.00. The van der Waals surface area contributed by atoms with Crippen molar-refractivity contribution in [3.05, 3.63) is 0 Å². The van der Waals surface area contributed by atoms with Crippen LogP contribution in [0.1, 0.15) is 0 Å². The Labute approximate surface area is 119 Å². The first kappa shape index (κ1) is 17.0. The van der Waals surface area contributed by atoms with Gasteiger partial charge < -0.3 is 50.0 Å². The number of hydrogen-bond acceptors (Lipinski definition) is 10. The number of ether oxygens (including phenoxy) is 3. The molecule has 2 saturated heterocycles. The van der Waals surface area contributed by atoms with E-state index < -0.39 is 61.9 Å². The molecule has 0 aromatic heterocycles. The highest BCUT2D eigenvalue weighted by molar-refractivity contribution is 4.91. The zero-order valence-electron chi connectivity index (χ0n) is 11.0. The maximum Gasteiger partial charge on any atom is 0.187 e. The van der Waals surface area contributed by atoms with Crippen molar-refractivity contribution in [2.45, 2.75) is 55.3 Å². The van der Waals surface area contributed by atoms with Crippen LogP contribution in [0.4, 0.5) is 0 Å². The average Bonchev–Trinajstić information content (AvgIpc) is 2.48. The SMILES string of the molecule is OC[C@H]1OC(O[C@@H]2COC(O)[C@H](O)[C@H]2O)[C@H](O)[C@@H](O)[C@@H]1O. The quantitative estimate of drug-likeness (QED) is 0.268. The Bertz CT molecular complexity index is 339. The lowest BCUT2D eigenvalue weighted by Gasteiger charge is -2.43. The third-order valence-electron chi connectivity index (χ3n) is 3.61. The molecule has 10 heteroatoms. The largest absolute Gasteiger partial charge is 0.394 e. The summed E-state index contributed by atoms with van der Waals surface area (Å²) >= 11 is 0. The normalized spacial score (nSPS) is 51.9. The van der Waals surface area contributed by atoms with Gasteiger partial charge >= 0.3 is 0 Å². The summed E-state index contributed by atoms with van der Waals surface area (Å²) < 4.78 is 15.1. The molecule has 2 heterocycles. The molecular formula is C11H20O10. The first-order valence-electron chi connectivity index (χ1n) is 6.48. The predicted octanol–water partition coefficient (Wildman–Crippen LogP) is -4.76. The second-order valence-corrected chi connectivity index (χ2v) is 5.08. The van der Waals surface area contributed by atoms with Gasteiger partial charge in [-0.05, 0) is 0 Å². The molecule has 0 radical (unpaired) electrons. The summed E-state index contributed by atoms with van der Waals surface area (Å²) in [5.41, 5.74) is 0. The molecule has 9 atom stereocenters. The summed E-state index contributed by atoms with van der Waals surface area (Å²) in [6.07, 6.45) is -13.2. The van der Waals surface area contributed by atoms with E-state index in [9.17, 15) is 30.6 Å². The Morgan fingerprint density at radius 2 is 1.52 bits per heavy atom. The molecule has 10 nitrogen and oxygen atoms in total. The van der Waals surface area contributed by atoms with Crippen molar-refractivity contribution in [3.63, 3.8) is 0 Å². The van der Waals surface area contributed by atoms with Crippen LogP contribution in [0, 0.1) is 0 Å². The van der Waals surface area contributed by atoms with E-state index in [2.05, 4.69) is 0 Å². The minimum absolute atomic E-state index is 0.283. The summed E-state index contributed by atoms with van der Waals surface area (Å²) in [5.74, 6) is 0. The van der Waals surface area contributed by atoms with Crippen LogP contribution in [-0.4, -0.2) is 104 Å². The lowest BCUT2D eigenvalue weighted by molar-refractivity contribution is -0.340. The molecule has 0 aliphatic carbocycles. The standard InChI is InChI=1S/C11H20O10/c12-1-3-5(13)7(15)9(17)11(20-3)21-4-2-19-10(18)8(16)6(4)14/h3-18H,1-2H2/t3-,4-,5-,6+,7+,8-,9-,10?,11?/m1/s1. The summed E-state index contributed by atoms with van der Waals surface area (Å²) in [6.45, 7) is -0.899. The molecule has 0 amide bonds. The third kappa shape index (κ3) is 3.35. The van der Waals surface area contributed by atoms with Gasteiger partial charge in [-0.3, -0.25) is 0 Å². The highest BCUT2D eigenvalue weighted by Gasteiger charge is 2.47. The first-order chi connectivity index (χ1) is 9.86. The van der Waals surface area contributed by atoms with Crippen molar-refractivity contribution in [1.29, 1.82) is 0 Å². The van der Waals surface area contributed by atoms with Crippen LogP contribution in [0.15, 0.2) is 0 Å². The number of hydrogen-bond donors (Lipinski definition) is 7. The zero-order valence-corrected chi connectivity index (χ0v) is 11.0. The zero-order chi connectivity index (χ0) is 15.7. The minimum Gasteiger partial charge on any atom is -0.394 e. The second-order valence-electron chi connectivity index (χ2n) is 5.08. The van der Waals surface area contributed by atoms with Crippen molar-refractivity contribution >= 4 is 0 Å². The number of rotatable bonds is 3. The molecule has 0 aromatic carbocycles. The highest BCUT2D eigenvalue weighted by atomic mass is 16.7. The van der Waals surface area contributed by atoms with Gasteiger partial charge in [-0.2, -0.15) is 0 Å². The topological polar surface area (TPSA) is 169 Å². The summed E-state index contributed by atoms with van der Waals surface area (Å²) in [6, 6.07) is 0. The van der Waals surface area contributed by atoms with Gasteiger partial charge in [0.25, 0.3) is 0 Å². The van der Waals surface area contributed by atoms with Crippen LogP contribution in [-0.2, 0) is 14.2 Å². The summed E-state index contributed by atoms with van der Waals surface area (Å²) in [5, 5.41) is 66.5. The minimum atomic E-state index is -1.63.